The van der Waals surface area contributed by atoms with Gasteiger partial charge in [-0.1, -0.05) is 18.2 Å². The topological polar surface area (TPSA) is 12.0 Å². The second kappa shape index (κ2) is 5.40. The van der Waals surface area contributed by atoms with E-state index in [9.17, 15) is 13.2 Å². The van der Waals surface area contributed by atoms with Crippen LogP contribution in [0.2, 0.25) is 0 Å². The van der Waals surface area contributed by atoms with E-state index in [1.807, 2.05) is 24.3 Å². The molecule has 1 heterocycles. The lowest BCUT2D eigenvalue weighted by Gasteiger charge is -2.27. The zero-order chi connectivity index (χ0) is 14.1. The third kappa shape index (κ3) is 2.50. The number of hydrogen-bond acceptors (Lipinski definition) is 2. The lowest BCUT2D eigenvalue weighted by atomic mass is 10.0. The summed E-state index contributed by atoms with van der Waals surface area (Å²) in [5.41, 5.74) is 1.06. The summed E-state index contributed by atoms with van der Waals surface area (Å²) < 4.78 is 39.8. The predicted octanol–water partition coefficient (Wildman–Crippen LogP) is 4.75. The van der Waals surface area contributed by atoms with Crippen LogP contribution < -0.4 is 5.32 Å². The van der Waals surface area contributed by atoms with Crippen LogP contribution in [0.15, 0.2) is 41.3 Å². The molecule has 1 aliphatic rings. The number of rotatable bonds is 2. The fourth-order valence-corrected chi connectivity index (χ4v) is 3.44. The van der Waals surface area contributed by atoms with E-state index in [-0.39, 0.29) is 11.7 Å². The minimum atomic E-state index is -1.17. The molecule has 3 rings (SSSR count). The fourth-order valence-electron chi connectivity index (χ4n) is 2.31. The molecule has 1 atom stereocenters. The van der Waals surface area contributed by atoms with Gasteiger partial charge in [-0.25, -0.2) is 13.2 Å². The molecule has 0 saturated heterocycles. The monoisotopic (exact) mass is 295 g/mol. The molecule has 1 unspecified atom stereocenters. The molecule has 0 amide bonds. The molecule has 0 saturated carbocycles. The average molecular weight is 295 g/mol. The minimum absolute atomic E-state index is 0.00407. The molecule has 20 heavy (non-hydrogen) atoms. The van der Waals surface area contributed by atoms with Gasteiger partial charge in [0.1, 0.15) is 5.82 Å². The number of halogens is 3. The Morgan fingerprint density at radius 2 is 1.75 bits per heavy atom. The quantitative estimate of drug-likeness (QED) is 0.802. The Labute approximate surface area is 119 Å². The molecule has 0 radical (unpaired) electrons. The van der Waals surface area contributed by atoms with Crippen LogP contribution in [0.1, 0.15) is 18.0 Å². The largest absolute Gasteiger partial charge is 0.376 e. The Kier molecular flexibility index (Phi) is 3.61. The van der Waals surface area contributed by atoms with Crippen LogP contribution in [0.4, 0.5) is 18.9 Å². The van der Waals surface area contributed by atoms with Crippen LogP contribution in [0.3, 0.4) is 0 Å². The van der Waals surface area contributed by atoms with Gasteiger partial charge in [0.15, 0.2) is 11.6 Å². The van der Waals surface area contributed by atoms with Crippen molar-refractivity contribution >= 4 is 17.4 Å². The summed E-state index contributed by atoms with van der Waals surface area (Å²) in [6.45, 7) is 0. The minimum Gasteiger partial charge on any atom is -0.376 e. The maximum absolute atomic E-state index is 13.7. The molecule has 5 heteroatoms. The molecule has 0 fully saturated rings. The number of nitrogens with one attached hydrogen (secondary N) is 1. The van der Waals surface area contributed by atoms with Gasteiger partial charge in [0.05, 0.1) is 11.7 Å². The second-order valence-electron chi connectivity index (χ2n) is 4.62. The van der Waals surface area contributed by atoms with E-state index in [1.165, 1.54) is 0 Å². The van der Waals surface area contributed by atoms with Crippen molar-refractivity contribution in [3.63, 3.8) is 0 Å². The molecule has 0 spiro atoms. The van der Waals surface area contributed by atoms with Crippen LogP contribution >= 0.6 is 11.8 Å². The van der Waals surface area contributed by atoms with Crippen molar-refractivity contribution < 1.29 is 13.2 Å². The smallest absolute Gasteiger partial charge is 0.161 e. The first-order valence-electron chi connectivity index (χ1n) is 6.28. The summed E-state index contributed by atoms with van der Waals surface area (Å²) in [7, 11) is 0. The molecule has 1 N–H and O–H groups in total. The first-order chi connectivity index (χ1) is 9.65. The Hall–Kier alpha value is -1.62. The molecule has 0 aromatic heterocycles. The summed E-state index contributed by atoms with van der Waals surface area (Å²) in [5, 5.41) is 2.98. The van der Waals surface area contributed by atoms with Gasteiger partial charge < -0.3 is 5.32 Å². The van der Waals surface area contributed by atoms with E-state index in [4.69, 9.17) is 0 Å². The van der Waals surface area contributed by atoms with Crippen molar-refractivity contribution in [1.82, 2.24) is 0 Å². The second-order valence-corrected chi connectivity index (χ2v) is 5.75. The maximum Gasteiger partial charge on any atom is 0.161 e. The van der Waals surface area contributed by atoms with Gasteiger partial charge in [0.25, 0.3) is 0 Å². The standard InChI is InChI=1S/C15H12F3NS/c16-10-7-12(18)14(8-11(10)17)19-13-5-6-20-15-4-2-1-3-9(13)15/h1-4,7-8,13,19H,5-6H2. The third-order valence-electron chi connectivity index (χ3n) is 3.30. The summed E-state index contributed by atoms with van der Waals surface area (Å²) >= 11 is 1.74. The number of benzene rings is 2. The molecule has 1 nitrogen and oxygen atoms in total. The fraction of sp³-hybridized carbons (Fsp3) is 0.200. The van der Waals surface area contributed by atoms with Gasteiger partial charge in [-0.05, 0) is 18.1 Å². The van der Waals surface area contributed by atoms with Crippen LogP contribution in [-0.2, 0) is 0 Å². The molecule has 2 aromatic carbocycles. The van der Waals surface area contributed by atoms with Gasteiger partial charge >= 0.3 is 0 Å². The van der Waals surface area contributed by atoms with Crippen molar-refractivity contribution in [2.45, 2.75) is 17.4 Å². The third-order valence-corrected chi connectivity index (χ3v) is 4.42. The lowest BCUT2D eigenvalue weighted by molar-refractivity contribution is 0.495. The average Bonchev–Trinajstić information content (AvgIpc) is 2.45. The molecular formula is C15H12F3NS. The first kappa shape index (κ1) is 13.4. The van der Waals surface area contributed by atoms with Gasteiger partial charge in [-0.3, -0.25) is 0 Å². The van der Waals surface area contributed by atoms with Crippen molar-refractivity contribution in [3.05, 3.63) is 59.4 Å². The van der Waals surface area contributed by atoms with Crippen LogP contribution in [0.25, 0.3) is 0 Å². The number of hydrogen-bond donors (Lipinski definition) is 1. The summed E-state index contributed by atoms with van der Waals surface area (Å²) in [4.78, 5) is 1.14. The molecular weight excluding hydrogens is 283 g/mol. The van der Waals surface area contributed by atoms with E-state index < -0.39 is 17.5 Å². The Morgan fingerprint density at radius 1 is 1.00 bits per heavy atom. The van der Waals surface area contributed by atoms with E-state index >= 15 is 0 Å². The molecule has 0 aliphatic carbocycles. The Balaban J connectivity index is 1.91. The zero-order valence-electron chi connectivity index (χ0n) is 10.5. The number of thioether (sulfide) groups is 1. The highest BCUT2D eigenvalue weighted by atomic mass is 32.2. The maximum atomic E-state index is 13.7. The summed E-state index contributed by atoms with van der Waals surface area (Å²) in [5.74, 6) is -2.10. The van der Waals surface area contributed by atoms with Crippen LogP contribution in [0.5, 0.6) is 0 Å². The van der Waals surface area contributed by atoms with Gasteiger partial charge in [0, 0.05) is 22.8 Å². The van der Waals surface area contributed by atoms with Crippen LogP contribution in [-0.4, -0.2) is 5.75 Å². The van der Waals surface area contributed by atoms with E-state index in [0.717, 1.165) is 28.7 Å². The van der Waals surface area contributed by atoms with Gasteiger partial charge in [0.2, 0.25) is 0 Å². The van der Waals surface area contributed by atoms with E-state index in [1.54, 1.807) is 11.8 Å². The van der Waals surface area contributed by atoms with E-state index in [0.29, 0.717) is 6.07 Å². The SMILES string of the molecule is Fc1cc(F)c(NC2CCSc3ccccc32)cc1F. The zero-order valence-corrected chi connectivity index (χ0v) is 11.3. The number of anilines is 1. The van der Waals surface area contributed by atoms with Gasteiger partial charge in [-0.15, -0.1) is 11.8 Å². The first-order valence-corrected chi connectivity index (χ1v) is 7.26. The Bertz CT molecular complexity index is 645. The normalized spacial score (nSPS) is 17.6. The Morgan fingerprint density at radius 3 is 2.60 bits per heavy atom. The highest BCUT2D eigenvalue weighted by Crippen LogP contribution is 2.38. The molecule has 0 bridgehead atoms. The predicted molar refractivity (Wildman–Crippen MR) is 74.5 cm³/mol. The number of fused-ring (bicyclic) bond motifs is 1. The van der Waals surface area contributed by atoms with E-state index in [2.05, 4.69) is 5.32 Å². The highest BCUT2D eigenvalue weighted by molar-refractivity contribution is 7.99. The summed E-state index contributed by atoms with van der Waals surface area (Å²) in [6, 6.07) is 9.20. The molecule has 2 aromatic rings. The van der Waals surface area contributed by atoms with Crippen molar-refractivity contribution in [2.75, 3.05) is 11.1 Å². The van der Waals surface area contributed by atoms with Crippen LogP contribution in [0, 0.1) is 17.5 Å². The summed E-state index contributed by atoms with van der Waals surface area (Å²) in [6.07, 6.45) is 0.806. The molecule has 104 valence electrons. The highest BCUT2D eigenvalue weighted by Gasteiger charge is 2.21. The molecule has 1 aliphatic heterocycles. The van der Waals surface area contributed by atoms with Gasteiger partial charge in [-0.2, -0.15) is 0 Å². The lowest BCUT2D eigenvalue weighted by Crippen LogP contribution is -2.17. The van der Waals surface area contributed by atoms with Crippen molar-refractivity contribution in [2.24, 2.45) is 0 Å². The van der Waals surface area contributed by atoms with Crippen molar-refractivity contribution in [1.29, 1.82) is 0 Å². The van der Waals surface area contributed by atoms with Crippen molar-refractivity contribution in [3.8, 4) is 0 Å².